The van der Waals surface area contributed by atoms with E-state index in [1.807, 2.05) is 0 Å². The van der Waals surface area contributed by atoms with Crippen LogP contribution in [-0.4, -0.2) is 37.4 Å². The third kappa shape index (κ3) is 4.57. The van der Waals surface area contributed by atoms with Gasteiger partial charge in [0.05, 0.1) is 12.5 Å². The summed E-state index contributed by atoms with van der Waals surface area (Å²) in [6.07, 6.45) is 1.39. The lowest BCUT2D eigenvalue weighted by molar-refractivity contribution is -0.138. The molecule has 106 valence electrons. The molecule has 0 fully saturated rings. The van der Waals surface area contributed by atoms with Crippen molar-refractivity contribution >= 4 is 12.0 Å². The third-order valence-electron chi connectivity index (χ3n) is 2.53. The van der Waals surface area contributed by atoms with Crippen molar-refractivity contribution in [2.45, 2.75) is 38.8 Å². The van der Waals surface area contributed by atoms with Gasteiger partial charge < -0.3 is 20.3 Å². The van der Waals surface area contributed by atoms with E-state index in [-0.39, 0.29) is 12.5 Å². The van der Waals surface area contributed by atoms with E-state index in [1.54, 1.807) is 38.7 Å². The number of aromatic nitrogens is 3. The van der Waals surface area contributed by atoms with Crippen LogP contribution in [0.25, 0.3) is 0 Å². The normalized spacial score (nSPS) is 12.8. The number of amides is 2. The second-order valence-corrected chi connectivity index (χ2v) is 5.07. The van der Waals surface area contributed by atoms with Crippen LogP contribution >= 0.6 is 0 Å². The first-order valence-corrected chi connectivity index (χ1v) is 5.85. The van der Waals surface area contributed by atoms with Crippen LogP contribution < -0.4 is 10.6 Å². The molecule has 1 heterocycles. The van der Waals surface area contributed by atoms with E-state index in [4.69, 9.17) is 5.11 Å². The fourth-order valence-electron chi connectivity index (χ4n) is 1.71. The van der Waals surface area contributed by atoms with E-state index in [1.165, 1.54) is 0 Å². The molecule has 0 radical (unpaired) electrons. The minimum absolute atomic E-state index is 0.154. The van der Waals surface area contributed by atoms with Crippen molar-refractivity contribution in [3.63, 3.8) is 0 Å². The summed E-state index contributed by atoms with van der Waals surface area (Å²) in [5.74, 6) is -0.349. The molecule has 0 aromatic carbocycles. The number of hydrogen-bond donors (Lipinski definition) is 3. The van der Waals surface area contributed by atoms with Crippen LogP contribution in [0, 0.1) is 0 Å². The first-order chi connectivity index (χ1) is 8.71. The third-order valence-corrected chi connectivity index (χ3v) is 2.53. The second kappa shape index (κ2) is 5.68. The van der Waals surface area contributed by atoms with Gasteiger partial charge in [0.2, 0.25) is 0 Å². The maximum Gasteiger partial charge on any atom is 0.315 e. The SMILES string of the molecule is CC(NC(=O)NC(C)(C)CC(=O)O)c1nncn1C. The highest BCUT2D eigenvalue weighted by Gasteiger charge is 2.25. The molecule has 0 aliphatic carbocycles. The van der Waals surface area contributed by atoms with Crippen molar-refractivity contribution in [2.75, 3.05) is 0 Å². The van der Waals surface area contributed by atoms with Gasteiger partial charge in [0.15, 0.2) is 5.82 Å². The molecular weight excluding hydrogens is 250 g/mol. The average molecular weight is 269 g/mol. The molecule has 0 aliphatic heterocycles. The fourth-order valence-corrected chi connectivity index (χ4v) is 1.71. The van der Waals surface area contributed by atoms with Gasteiger partial charge in [-0.2, -0.15) is 0 Å². The average Bonchev–Trinajstić information content (AvgIpc) is 2.60. The van der Waals surface area contributed by atoms with Crippen molar-refractivity contribution in [1.82, 2.24) is 25.4 Å². The lowest BCUT2D eigenvalue weighted by Gasteiger charge is -2.25. The minimum atomic E-state index is -0.966. The first kappa shape index (κ1) is 14.9. The standard InChI is InChI=1S/C11H19N5O3/c1-7(9-15-12-6-16(9)4)13-10(19)14-11(2,3)5-8(17)18/h6-7H,5H2,1-4H3,(H,17,18)(H2,13,14,19). The van der Waals surface area contributed by atoms with E-state index in [9.17, 15) is 9.59 Å². The van der Waals surface area contributed by atoms with Crippen LogP contribution in [0.5, 0.6) is 0 Å². The number of nitrogens with zero attached hydrogens (tertiary/aromatic N) is 3. The number of urea groups is 1. The van der Waals surface area contributed by atoms with Gasteiger partial charge in [-0.15, -0.1) is 10.2 Å². The zero-order valence-electron chi connectivity index (χ0n) is 11.5. The number of aliphatic carboxylic acids is 1. The number of nitrogens with one attached hydrogen (secondary N) is 2. The summed E-state index contributed by atoms with van der Waals surface area (Å²) in [6.45, 7) is 5.06. The molecule has 0 spiro atoms. The van der Waals surface area contributed by atoms with Gasteiger partial charge in [0.25, 0.3) is 0 Å². The summed E-state index contributed by atoms with van der Waals surface area (Å²) in [5.41, 5.74) is -0.824. The zero-order valence-corrected chi connectivity index (χ0v) is 11.5. The Labute approximate surface area is 111 Å². The molecule has 1 aromatic rings. The molecular formula is C11H19N5O3. The molecule has 1 rings (SSSR count). The summed E-state index contributed by atoms with van der Waals surface area (Å²) in [5, 5.41) is 21.7. The van der Waals surface area contributed by atoms with Gasteiger partial charge in [-0.1, -0.05) is 0 Å². The molecule has 0 saturated heterocycles. The van der Waals surface area contributed by atoms with Crippen LogP contribution in [0.1, 0.15) is 39.1 Å². The summed E-state index contributed by atoms with van der Waals surface area (Å²) >= 11 is 0. The highest BCUT2D eigenvalue weighted by atomic mass is 16.4. The fraction of sp³-hybridized carbons (Fsp3) is 0.636. The topological polar surface area (TPSA) is 109 Å². The Morgan fingerprint density at radius 2 is 2.16 bits per heavy atom. The predicted octanol–water partition coefficient (Wildman–Crippen LogP) is 0.429. The molecule has 0 saturated carbocycles. The van der Waals surface area contributed by atoms with Gasteiger partial charge in [0.1, 0.15) is 6.33 Å². The molecule has 0 aliphatic rings. The number of aryl methyl sites for hydroxylation is 1. The zero-order chi connectivity index (χ0) is 14.6. The summed E-state index contributed by atoms with van der Waals surface area (Å²) in [7, 11) is 1.78. The smallest absolute Gasteiger partial charge is 0.315 e. The molecule has 2 amide bonds. The van der Waals surface area contributed by atoms with Gasteiger partial charge >= 0.3 is 12.0 Å². The van der Waals surface area contributed by atoms with Crippen molar-refractivity contribution in [3.05, 3.63) is 12.2 Å². The highest BCUT2D eigenvalue weighted by molar-refractivity contribution is 5.76. The molecule has 19 heavy (non-hydrogen) atoms. The Bertz CT molecular complexity index is 469. The van der Waals surface area contributed by atoms with Crippen molar-refractivity contribution in [1.29, 1.82) is 0 Å². The number of carbonyl (C=O) groups excluding carboxylic acids is 1. The first-order valence-electron chi connectivity index (χ1n) is 5.85. The number of rotatable bonds is 5. The summed E-state index contributed by atoms with van der Waals surface area (Å²) in [6, 6.07) is -0.769. The Hall–Kier alpha value is -2.12. The van der Waals surface area contributed by atoms with Crippen molar-refractivity contribution in [3.8, 4) is 0 Å². The van der Waals surface area contributed by atoms with Crippen LogP contribution in [0.3, 0.4) is 0 Å². The van der Waals surface area contributed by atoms with Gasteiger partial charge in [-0.05, 0) is 20.8 Å². The lowest BCUT2D eigenvalue weighted by Crippen LogP contribution is -2.50. The largest absolute Gasteiger partial charge is 0.481 e. The number of carboxylic acids is 1. The molecule has 1 aromatic heterocycles. The number of carbonyl (C=O) groups is 2. The van der Waals surface area contributed by atoms with E-state index in [2.05, 4.69) is 20.8 Å². The van der Waals surface area contributed by atoms with E-state index in [0.29, 0.717) is 5.82 Å². The number of carboxylic acid groups (broad SMARTS) is 1. The van der Waals surface area contributed by atoms with E-state index in [0.717, 1.165) is 0 Å². The Kier molecular flexibility index (Phi) is 4.47. The van der Waals surface area contributed by atoms with Crippen LogP contribution in [0.4, 0.5) is 4.79 Å². The van der Waals surface area contributed by atoms with Crippen LogP contribution in [-0.2, 0) is 11.8 Å². The monoisotopic (exact) mass is 269 g/mol. The molecule has 1 atom stereocenters. The minimum Gasteiger partial charge on any atom is -0.481 e. The van der Waals surface area contributed by atoms with Crippen molar-refractivity contribution < 1.29 is 14.7 Å². The molecule has 1 unspecified atom stereocenters. The number of hydrogen-bond acceptors (Lipinski definition) is 4. The molecule has 3 N–H and O–H groups in total. The molecule has 8 heteroatoms. The van der Waals surface area contributed by atoms with Crippen LogP contribution in [0.2, 0.25) is 0 Å². The lowest BCUT2D eigenvalue weighted by atomic mass is 10.0. The maximum atomic E-state index is 11.8. The second-order valence-electron chi connectivity index (χ2n) is 5.07. The summed E-state index contributed by atoms with van der Waals surface area (Å²) < 4.78 is 1.70. The highest BCUT2D eigenvalue weighted by Crippen LogP contribution is 2.10. The Morgan fingerprint density at radius 3 is 2.63 bits per heavy atom. The van der Waals surface area contributed by atoms with Gasteiger partial charge in [-0.3, -0.25) is 4.79 Å². The van der Waals surface area contributed by atoms with Gasteiger partial charge in [0, 0.05) is 12.6 Å². The molecule has 8 nitrogen and oxygen atoms in total. The van der Waals surface area contributed by atoms with Crippen LogP contribution in [0.15, 0.2) is 6.33 Å². The Morgan fingerprint density at radius 1 is 1.53 bits per heavy atom. The van der Waals surface area contributed by atoms with E-state index < -0.39 is 17.5 Å². The maximum absolute atomic E-state index is 11.8. The summed E-state index contributed by atoms with van der Waals surface area (Å²) in [4.78, 5) is 22.4. The van der Waals surface area contributed by atoms with Crippen molar-refractivity contribution in [2.24, 2.45) is 7.05 Å². The predicted molar refractivity (Wildman–Crippen MR) is 67.4 cm³/mol. The quantitative estimate of drug-likeness (QED) is 0.718. The van der Waals surface area contributed by atoms with Gasteiger partial charge in [-0.25, -0.2) is 4.79 Å². The van der Waals surface area contributed by atoms with E-state index >= 15 is 0 Å². The Balaban J connectivity index is 2.56. The molecule has 0 bridgehead atoms.